The van der Waals surface area contributed by atoms with Crippen LogP contribution in [0.3, 0.4) is 0 Å². The highest BCUT2D eigenvalue weighted by Crippen LogP contribution is 2.19. The second kappa shape index (κ2) is 6.10. The first-order valence-corrected chi connectivity index (χ1v) is 7.12. The van der Waals surface area contributed by atoms with Crippen molar-refractivity contribution in [3.8, 4) is 10.7 Å². The summed E-state index contributed by atoms with van der Waals surface area (Å²) in [5, 5.41) is 25.6. The number of nitrogens with zero attached hydrogens (tertiary/aromatic N) is 4. The summed E-state index contributed by atoms with van der Waals surface area (Å²) >= 11 is 1.52. The number of hydrogen-bond donors (Lipinski definition) is 2. The van der Waals surface area contributed by atoms with Crippen LogP contribution in [0.2, 0.25) is 0 Å². The summed E-state index contributed by atoms with van der Waals surface area (Å²) in [6.07, 6.45) is 0.490. The molecule has 0 aliphatic rings. The van der Waals surface area contributed by atoms with Crippen molar-refractivity contribution in [3.63, 3.8) is 0 Å². The number of aliphatic hydroxyl groups excluding tert-OH is 1. The van der Waals surface area contributed by atoms with Crippen molar-refractivity contribution in [2.45, 2.75) is 32.4 Å². The molecule has 0 aliphatic carbocycles. The Bertz CT molecular complexity index is 564. The Labute approximate surface area is 120 Å². The number of carbonyl (C=O) groups excluding carboxylic acids is 1. The van der Waals surface area contributed by atoms with Crippen LogP contribution in [0.25, 0.3) is 10.7 Å². The molecule has 7 nitrogen and oxygen atoms in total. The van der Waals surface area contributed by atoms with Crippen LogP contribution in [-0.2, 0) is 11.3 Å². The predicted octanol–water partition coefficient (Wildman–Crippen LogP) is 0.679. The first-order valence-electron chi connectivity index (χ1n) is 6.24. The van der Waals surface area contributed by atoms with Crippen molar-refractivity contribution in [2.24, 2.45) is 0 Å². The molecule has 8 heteroatoms. The Balaban J connectivity index is 1.95. The molecule has 2 rings (SSSR count). The number of hydrogen-bond acceptors (Lipinski definition) is 6. The number of aliphatic hydroxyl groups is 1. The van der Waals surface area contributed by atoms with Crippen molar-refractivity contribution in [1.82, 2.24) is 25.5 Å². The molecule has 0 unspecified atom stereocenters. The van der Waals surface area contributed by atoms with Crippen LogP contribution in [-0.4, -0.2) is 43.4 Å². The summed E-state index contributed by atoms with van der Waals surface area (Å²) in [6, 6.07) is 3.81. The topological polar surface area (TPSA) is 92.9 Å². The number of carbonyl (C=O) groups is 1. The zero-order valence-corrected chi connectivity index (χ0v) is 12.2. The van der Waals surface area contributed by atoms with Crippen LogP contribution in [0.1, 0.15) is 20.3 Å². The van der Waals surface area contributed by atoms with Gasteiger partial charge in [0.15, 0.2) is 0 Å². The molecule has 0 bridgehead atoms. The molecule has 20 heavy (non-hydrogen) atoms. The molecule has 0 aliphatic heterocycles. The van der Waals surface area contributed by atoms with Gasteiger partial charge in [0.05, 0.1) is 4.88 Å². The first-order chi connectivity index (χ1) is 9.50. The van der Waals surface area contributed by atoms with Crippen LogP contribution in [0, 0.1) is 0 Å². The van der Waals surface area contributed by atoms with E-state index in [0.717, 1.165) is 4.88 Å². The third kappa shape index (κ3) is 3.84. The molecular formula is C12H17N5O2S. The molecule has 0 radical (unpaired) electrons. The largest absolute Gasteiger partial charge is 0.396 e. The highest BCUT2D eigenvalue weighted by atomic mass is 32.1. The minimum atomic E-state index is -0.455. The van der Waals surface area contributed by atoms with Gasteiger partial charge in [0.25, 0.3) is 0 Å². The normalized spacial score (nSPS) is 11.6. The lowest BCUT2D eigenvalue weighted by Crippen LogP contribution is -2.45. The van der Waals surface area contributed by atoms with Gasteiger partial charge < -0.3 is 10.4 Å². The quantitative estimate of drug-likeness (QED) is 0.817. The Morgan fingerprint density at radius 2 is 2.35 bits per heavy atom. The fourth-order valence-electron chi connectivity index (χ4n) is 1.70. The van der Waals surface area contributed by atoms with E-state index in [2.05, 4.69) is 20.7 Å². The molecule has 2 aromatic heterocycles. The molecule has 0 spiro atoms. The van der Waals surface area contributed by atoms with Gasteiger partial charge in [-0.25, -0.2) is 0 Å². The van der Waals surface area contributed by atoms with Gasteiger partial charge in [0.2, 0.25) is 11.7 Å². The smallest absolute Gasteiger partial charge is 0.244 e. The number of tetrazole rings is 1. The molecule has 0 saturated carbocycles. The Morgan fingerprint density at radius 3 is 3.00 bits per heavy atom. The Kier molecular flexibility index (Phi) is 4.46. The van der Waals surface area contributed by atoms with E-state index in [1.165, 1.54) is 16.1 Å². The molecular weight excluding hydrogens is 278 g/mol. The maximum atomic E-state index is 11.9. The summed E-state index contributed by atoms with van der Waals surface area (Å²) in [7, 11) is 0. The van der Waals surface area contributed by atoms with Crippen LogP contribution in [0.5, 0.6) is 0 Å². The Hall–Kier alpha value is -1.80. The van der Waals surface area contributed by atoms with Gasteiger partial charge in [0.1, 0.15) is 6.54 Å². The van der Waals surface area contributed by atoms with Gasteiger partial charge in [-0.1, -0.05) is 6.07 Å². The number of aromatic nitrogens is 4. The van der Waals surface area contributed by atoms with Crippen molar-refractivity contribution >= 4 is 17.2 Å². The van der Waals surface area contributed by atoms with E-state index in [4.69, 9.17) is 5.11 Å². The highest BCUT2D eigenvalue weighted by Gasteiger charge is 2.20. The number of thiophene rings is 1. The average molecular weight is 295 g/mol. The van der Waals surface area contributed by atoms with Crippen LogP contribution in [0.4, 0.5) is 0 Å². The highest BCUT2D eigenvalue weighted by molar-refractivity contribution is 7.13. The van der Waals surface area contributed by atoms with Gasteiger partial charge in [-0.2, -0.15) is 4.80 Å². The monoisotopic (exact) mass is 295 g/mol. The zero-order valence-electron chi connectivity index (χ0n) is 11.4. The first kappa shape index (κ1) is 14.6. The maximum absolute atomic E-state index is 11.9. The fourth-order valence-corrected chi connectivity index (χ4v) is 2.35. The summed E-state index contributed by atoms with van der Waals surface area (Å²) in [5.74, 6) is 0.306. The third-order valence-electron chi connectivity index (χ3n) is 2.69. The average Bonchev–Trinajstić information content (AvgIpc) is 2.96. The van der Waals surface area contributed by atoms with E-state index < -0.39 is 5.54 Å². The van der Waals surface area contributed by atoms with Crippen LogP contribution >= 0.6 is 11.3 Å². The zero-order chi connectivity index (χ0) is 14.6. The van der Waals surface area contributed by atoms with E-state index >= 15 is 0 Å². The number of rotatable bonds is 6. The summed E-state index contributed by atoms with van der Waals surface area (Å²) in [6.45, 7) is 3.74. The second-order valence-corrected chi connectivity index (χ2v) is 5.97. The number of nitrogens with one attached hydrogen (secondary N) is 1. The van der Waals surface area contributed by atoms with Crippen LogP contribution in [0.15, 0.2) is 17.5 Å². The van der Waals surface area contributed by atoms with E-state index in [0.29, 0.717) is 12.2 Å². The molecule has 2 N–H and O–H groups in total. The van der Waals surface area contributed by atoms with Crippen molar-refractivity contribution in [2.75, 3.05) is 6.61 Å². The lowest BCUT2D eigenvalue weighted by molar-refractivity contribution is -0.123. The SMILES string of the molecule is CC(C)(CCO)NC(=O)Cn1nnc(-c2cccs2)n1. The minimum Gasteiger partial charge on any atom is -0.396 e. The molecule has 0 aromatic carbocycles. The van der Waals surface area contributed by atoms with Crippen molar-refractivity contribution in [1.29, 1.82) is 0 Å². The van der Waals surface area contributed by atoms with E-state index in [1.807, 2.05) is 31.4 Å². The molecule has 0 fully saturated rings. The molecule has 0 atom stereocenters. The van der Waals surface area contributed by atoms with E-state index in [1.54, 1.807) is 0 Å². The summed E-state index contributed by atoms with van der Waals surface area (Å²) in [5.41, 5.74) is -0.455. The van der Waals surface area contributed by atoms with E-state index in [-0.39, 0.29) is 19.1 Å². The lowest BCUT2D eigenvalue weighted by Gasteiger charge is -2.25. The van der Waals surface area contributed by atoms with Gasteiger partial charge in [0, 0.05) is 12.1 Å². The fraction of sp³-hybridized carbons (Fsp3) is 0.500. The van der Waals surface area contributed by atoms with E-state index in [9.17, 15) is 4.79 Å². The minimum absolute atomic E-state index is 0.00718. The molecule has 2 heterocycles. The predicted molar refractivity (Wildman–Crippen MR) is 75.1 cm³/mol. The Morgan fingerprint density at radius 1 is 1.55 bits per heavy atom. The van der Waals surface area contributed by atoms with Crippen LogP contribution < -0.4 is 5.32 Å². The van der Waals surface area contributed by atoms with Crippen molar-refractivity contribution < 1.29 is 9.90 Å². The molecule has 0 saturated heterocycles. The van der Waals surface area contributed by atoms with Gasteiger partial charge in [-0.3, -0.25) is 4.79 Å². The third-order valence-corrected chi connectivity index (χ3v) is 3.56. The van der Waals surface area contributed by atoms with Gasteiger partial charge >= 0.3 is 0 Å². The lowest BCUT2D eigenvalue weighted by atomic mass is 10.0. The molecule has 2 aromatic rings. The van der Waals surface area contributed by atoms with Gasteiger partial charge in [-0.15, -0.1) is 21.5 Å². The van der Waals surface area contributed by atoms with Gasteiger partial charge in [-0.05, 0) is 36.9 Å². The molecule has 108 valence electrons. The number of amides is 1. The summed E-state index contributed by atoms with van der Waals surface area (Å²) < 4.78 is 0. The standard InChI is InChI=1S/C12H17N5O2S/c1-12(2,5-6-18)13-10(19)8-17-15-11(14-16-17)9-4-3-7-20-9/h3-4,7,18H,5-6,8H2,1-2H3,(H,13,19). The van der Waals surface area contributed by atoms with Crippen molar-refractivity contribution in [3.05, 3.63) is 17.5 Å². The second-order valence-electron chi connectivity index (χ2n) is 5.03. The summed E-state index contributed by atoms with van der Waals surface area (Å²) in [4.78, 5) is 14.1. The maximum Gasteiger partial charge on any atom is 0.244 e. The molecule has 1 amide bonds.